The first-order valence-electron chi connectivity index (χ1n) is 5.56. The lowest BCUT2D eigenvalue weighted by Gasteiger charge is -2.10. The highest BCUT2D eigenvalue weighted by Crippen LogP contribution is 2.25. The molecule has 0 aliphatic rings. The van der Waals surface area contributed by atoms with Crippen LogP contribution in [-0.4, -0.2) is 13.4 Å². The van der Waals surface area contributed by atoms with Crippen LogP contribution < -0.4 is 10.5 Å². The van der Waals surface area contributed by atoms with Crippen LogP contribution in [0.5, 0.6) is 0 Å². The fraction of sp³-hybridized carbons (Fsp3) is 0.0833. The van der Waals surface area contributed by atoms with Crippen molar-refractivity contribution >= 4 is 31.8 Å². The summed E-state index contributed by atoms with van der Waals surface area (Å²) in [6.07, 6.45) is 1.43. The molecule has 0 amide bonds. The molecule has 3 N–H and O–H groups in total. The molecule has 0 spiro atoms. The molecule has 0 aliphatic heterocycles. The second kappa shape index (κ2) is 5.86. The van der Waals surface area contributed by atoms with E-state index in [9.17, 15) is 12.8 Å². The summed E-state index contributed by atoms with van der Waals surface area (Å²) < 4.78 is 41.1. The summed E-state index contributed by atoms with van der Waals surface area (Å²) in [7, 11) is -4.07. The van der Waals surface area contributed by atoms with Gasteiger partial charge in [0.1, 0.15) is 16.5 Å². The van der Waals surface area contributed by atoms with E-state index in [4.69, 9.17) is 5.73 Å². The van der Waals surface area contributed by atoms with Gasteiger partial charge in [-0.3, -0.25) is 4.72 Å². The zero-order chi connectivity index (χ0) is 14.8. The number of nitrogens with zero attached hydrogens (tertiary/aromatic N) is 1. The fourth-order valence-electron chi connectivity index (χ4n) is 1.58. The van der Waals surface area contributed by atoms with E-state index in [0.29, 0.717) is 4.47 Å². The molecule has 2 aromatic rings. The standard InChI is InChI=1S/C12H11BrFN3O2S/c13-9-5-8(7-15)12(14)10(6-9)20(18,19)17-11-3-1-2-4-16-11/h1-6H,7,15H2,(H,16,17). The first-order chi connectivity index (χ1) is 9.44. The number of sulfonamides is 1. The van der Waals surface area contributed by atoms with Crippen molar-refractivity contribution in [2.75, 3.05) is 4.72 Å². The quantitative estimate of drug-likeness (QED) is 0.876. The number of nitrogens with one attached hydrogen (secondary N) is 1. The summed E-state index contributed by atoms with van der Waals surface area (Å²) in [5.74, 6) is -0.750. The Morgan fingerprint density at radius 3 is 2.70 bits per heavy atom. The van der Waals surface area contributed by atoms with E-state index in [-0.39, 0.29) is 17.9 Å². The minimum Gasteiger partial charge on any atom is -0.326 e. The van der Waals surface area contributed by atoms with Crippen LogP contribution in [0.4, 0.5) is 10.2 Å². The molecule has 1 aromatic heterocycles. The third-order valence-corrected chi connectivity index (χ3v) is 4.30. The Morgan fingerprint density at radius 2 is 2.10 bits per heavy atom. The summed E-state index contributed by atoms with van der Waals surface area (Å²) in [4.78, 5) is 3.36. The Kier molecular flexibility index (Phi) is 4.36. The van der Waals surface area contributed by atoms with Gasteiger partial charge >= 0.3 is 0 Å². The van der Waals surface area contributed by atoms with Crippen molar-refractivity contribution in [3.8, 4) is 0 Å². The monoisotopic (exact) mass is 359 g/mol. The molecular formula is C12H11BrFN3O2S. The highest BCUT2D eigenvalue weighted by atomic mass is 79.9. The van der Waals surface area contributed by atoms with Crippen molar-refractivity contribution in [2.45, 2.75) is 11.4 Å². The average Bonchev–Trinajstić information content (AvgIpc) is 2.41. The highest BCUT2D eigenvalue weighted by Gasteiger charge is 2.22. The SMILES string of the molecule is NCc1cc(Br)cc(S(=O)(=O)Nc2ccccn2)c1F. The van der Waals surface area contributed by atoms with Gasteiger partial charge in [0, 0.05) is 22.8 Å². The van der Waals surface area contributed by atoms with E-state index < -0.39 is 20.7 Å². The second-order valence-corrected chi connectivity index (χ2v) is 6.47. The summed E-state index contributed by atoms with van der Waals surface area (Å²) in [5.41, 5.74) is 5.51. The number of nitrogens with two attached hydrogens (primary N) is 1. The molecular weight excluding hydrogens is 349 g/mol. The molecule has 0 saturated heterocycles. The molecule has 0 saturated carbocycles. The smallest absolute Gasteiger partial charge is 0.266 e. The Bertz CT molecular complexity index is 723. The van der Waals surface area contributed by atoms with Crippen molar-refractivity contribution in [3.63, 3.8) is 0 Å². The number of aromatic nitrogens is 1. The average molecular weight is 360 g/mol. The Hall–Kier alpha value is -1.51. The number of pyridine rings is 1. The minimum atomic E-state index is -4.07. The number of benzene rings is 1. The molecule has 0 atom stereocenters. The third-order valence-electron chi connectivity index (χ3n) is 2.49. The molecule has 0 fully saturated rings. The first kappa shape index (κ1) is 14.9. The molecule has 8 heteroatoms. The number of hydrogen-bond acceptors (Lipinski definition) is 4. The van der Waals surface area contributed by atoms with Crippen molar-refractivity contribution < 1.29 is 12.8 Å². The van der Waals surface area contributed by atoms with Crippen LogP contribution in [0.2, 0.25) is 0 Å². The van der Waals surface area contributed by atoms with Gasteiger partial charge in [-0.25, -0.2) is 17.8 Å². The molecule has 1 heterocycles. The van der Waals surface area contributed by atoms with Gasteiger partial charge in [-0.05, 0) is 24.3 Å². The maximum Gasteiger partial charge on any atom is 0.266 e. The van der Waals surface area contributed by atoms with E-state index in [2.05, 4.69) is 25.6 Å². The molecule has 2 rings (SSSR count). The van der Waals surface area contributed by atoms with E-state index in [1.165, 1.54) is 24.4 Å². The van der Waals surface area contributed by atoms with Crippen LogP contribution in [-0.2, 0) is 16.6 Å². The molecule has 1 aromatic carbocycles. The molecule has 0 aliphatic carbocycles. The maximum absolute atomic E-state index is 14.1. The predicted octanol–water partition coefficient (Wildman–Crippen LogP) is 2.24. The van der Waals surface area contributed by atoms with E-state index >= 15 is 0 Å². The lowest BCUT2D eigenvalue weighted by atomic mass is 10.2. The minimum absolute atomic E-state index is 0.0998. The van der Waals surface area contributed by atoms with Gasteiger partial charge in [0.2, 0.25) is 0 Å². The van der Waals surface area contributed by atoms with Gasteiger partial charge in [0.25, 0.3) is 10.0 Å². The van der Waals surface area contributed by atoms with Crippen LogP contribution in [0.1, 0.15) is 5.56 Å². The topological polar surface area (TPSA) is 85.1 Å². The largest absolute Gasteiger partial charge is 0.326 e. The summed E-state index contributed by atoms with van der Waals surface area (Å²) >= 11 is 3.14. The second-order valence-electron chi connectivity index (χ2n) is 3.90. The summed E-state index contributed by atoms with van der Waals surface area (Å²) in [6, 6.07) is 7.35. The van der Waals surface area contributed by atoms with E-state index in [1.807, 2.05) is 0 Å². The predicted molar refractivity (Wildman–Crippen MR) is 77.0 cm³/mol. The molecule has 0 radical (unpaired) electrons. The molecule has 0 bridgehead atoms. The van der Waals surface area contributed by atoms with Crippen molar-refractivity contribution in [3.05, 3.63) is 52.4 Å². The van der Waals surface area contributed by atoms with Crippen LogP contribution in [0, 0.1) is 5.82 Å². The number of rotatable bonds is 4. The van der Waals surface area contributed by atoms with Gasteiger partial charge in [-0.2, -0.15) is 0 Å². The van der Waals surface area contributed by atoms with Crippen molar-refractivity contribution in [1.29, 1.82) is 0 Å². The number of anilines is 1. The van der Waals surface area contributed by atoms with Crippen LogP contribution in [0.15, 0.2) is 45.9 Å². The number of halogens is 2. The van der Waals surface area contributed by atoms with Gasteiger partial charge < -0.3 is 5.73 Å². The summed E-state index contributed by atoms with van der Waals surface area (Å²) in [5, 5.41) is 0. The normalized spacial score (nSPS) is 11.3. The van der Waals surface area contributed by atoms with E-state index in [1.54, 1.807) is 12.1 Å². The van der Waals surface area contributed by atoms with Crippen LogP contribution in [0.25, 0.3) is 0 Å². The van der Waals surface area contributed by atoms with Gasteiger partial charge in [0.05, 0.1) is 0 Å². The van der Waals surface area contributed by atoms with Crippen LogP contribution in [0.3, 0.4) is 0 Å². The Balaban J connectivity index is 2.47. The Labute approximate surface area is 124 Å². The van der Waals surface area contributed by atoms with Crippen LogP contribution >= 0.6 is 15.9 Å². The lowest BCUT2D eigenvalue weighted by molar-refractivity contribution is 0.560. The zero-order valence-electron chi connectivity index (χ0n) is 10.2. The van der Waals surface area contributed by atoms with Gasteiger partial charge in [-0.1, -0.05) is 22.0 Å². The molecule has 0 unspecified atom stereocenters. The summed E-state index contributed by atoms with van der Waals surface area (Å²) in [6.45, 7) is -0.0998. The molecule has 106 valence electrons. The van der Waals surface area contributed by atoms with Crippen molar-refractivity contribution in [2.24, 2.45) is 5.73 Å². The zero-order valence-corrected chi connectivity index (χ0v) is 12.6. The van der Waals surface area contributed by atoms with Gasteiger partial charge in [-0.15, -0.1) is 0 Å². The van der Waals surface area contributed by atoms with Gasteiger partial charge in [0.15, 0.2) is 0 Å². The molecule has 5 nitrogen and oxygen atoms in total. The van der Waals surface area contributed by atoms with Crippen molar-refractivity contribution in [1.82, 2.24) is 4.98 Å². The molecule has 20 heavy (non-hydrogen) atoms. The highest BCUT2D eigenvalue weighted by molar-refractivity contribution is 9.10. The maximum atomic E-state index is 14.1. The fourth-order valence-corrected chi connectivity index (χ4v) is 3.39. The lowest BCUT2D eigenvalue weighted by Crippen LogP contribution is -2.17. The van der Waals surface area contributed by atoms with E-state index in [0.717, 1.165) is 0 Å². The third kappa shape index (κ3) is 3.14. The number of hydrogen-bond donors (Lipinski definition) is 2. The Morgan fingerprint density at radius 1 is 1.35 bits per heavy atom. The first-order valence-corrected chi connectivity index (χ1v) is 7.83.